The largest absolute Gasteiger partial charge is 0.385 e. The monoisotopic (exact) mass is 261 g/mol. The van der Waals surface area contributed by atoms with Gasteiger partial charge in [0, 0.05) is 26.3 Å². The molecule has 5 heteroatoms. The Morgan fingerprint density at radius 2 is 2.00 bits per heavy atom. The lowest BCUT2D eigenvalue weighted by atomic mass is 9.87. The van der Waals surface area contributed by atoms with Gasteiger partial charge in [-0.15, -0.1) is 0 Å². The van der Waals surface area contributed by atoms with Crippen LogP contribution in [0.15, 0.2) is 0 Å². The Labute approximate surface area is 104 Å². The molecule has 1 aliphatic carbocycles. The average molecular weight is 261 g/mol. The molecule has 1 heterocycles. The summed E-state index contributed by atoms with van der Waals surface area (Å²) in [4.78, 5) is 0. The Morgan fingerprint density at radius 3 is 2.76 bits per heavy atom. The van der Waals surface area contributed by atoms with E-state index < -0.39 is 10.0 Å². The van der Waals surface area contributed by atoms with Crippen LogP contribution in [0.3, 0.4) is 0 Å². The summed E-state index contributed by atoms with van der Waals surface area (Å²) >= 11 is 0. The fourth-order valence-electron chi connectivity index (χ4n) is 3.01. The van der Waals surface area contributed by atoms with Crippen molar-refractivity contribution in [3.05, 3.63) is 0 Å². The fraction of sp³-hybridized carbons (Fsp3) is 1.00. The zero-order valence-corrected chi connectivity index (χ0v) is 11.4. The van der Waals surface area contributed by atoms with Gasteiger partial charge in [-0.25, -0.2) is 8.42 Å². The number of ether oxygens (including phenoxy) is 1. The van der Waals surface area contributed by atoms with E-state index in [0.29, 0.717) is 25.0 Å². The highest BCUT2D eigenvalue weighted by atomic mass is 32.2. The summed E-state index contributed by atoms with van der Waals surface area (Å²) in [6, 6.07) is 0.310. The van der Waals surface area contributed by atoms with E-state index in [4.69, 9.17) is 4.74 Å². The standard InChI is InChI=1S/C12H23NO3S/c1-16-8-5-9-17(14,15)13-10-11-6-3-2-4-7-12(11)13/h11-12H,2-10H2,1H3/t11-,12+/m0/s1. The Hall–Kier alpha value is -0.130. The Morgan fingerprint density at radius 1 is 1.24 bits per heavy atom. The molecule has 0 amide bonds. The smallest absolute Gasteiger partial charge is 0.214 e. The topological polar surface area (TPSA) is 46.6 Å². The normalized spacial score (nSPS) is 30.4. The highest BCUT2D eigenvalue weighted by Crippen LogP contribution is 2.37. The zero-order chi connectivity index (χ0) is 12.3. The minimum Gasteiger partial charge on any atom is -0.385 e. The molecule has 2 aliphatic rings. The summed E-state index contributed by atoms with van der Waals surface area (Å²) in [5.41, 5.74) is 0. The molecule has 0 spiro atoms. The second-order valence-corrected chi connectivity index (χ2v) is 7.24. The van der Waals surface area contributed by atoms with Crippen LogP contribution in [0, 0.1) is 5.92 Å². The zero-order valence-electron chi connectivity index (χ0n) is 10.6. The predicted octanol–water partition coefficient (Wildman–Crippen LogP) is 1.62. The Bertz CT molecular complexity index is 342. The van der Waals surface area contributed by atoms with Crippen molar-refractivity contribution < 1.29 is 13.2 Å². The van der Waals surface area contributed by atoms with Gasteiger partial charge in [-0.2, -0.15) is 4.31 Å². The maximum Gasteiger partial charge on any atom is 0.214 e. The third-order valence-corrected chi connectivity index (χ3v) is 5.95. The van der Waals surface area contributed by atoms with Gasteiger partial charge < -0.3 is 4.74 Å². The first-order chi connectivity index (χ1) is 8.15. The minimum absolute atomic E-state index is 0.240. The summed E-state index contributed by atoms with van der Waals surface area (Å²) in [6.07, 6.45) is 6.62. The molecule has 0 bridgehead atoms. The second-order valence-electron chi connectivity index (χ2n) is 5.20. The minimum atomic E-state index is -3.03. The molecule has 0 aromatic carbocycles. The predicted molar refractivity (Wildman–Crippen MR) is 67.3 cm³/mol. The van der Waals surface area contributed by atoms with E-state index in [9.17, 15) is 8.42 Å². The fourth-order valence-corrected chi connectivity index (χ4v) is 4.83. The van der Waals surface area contributed by atoms with Gasteiger partial charge in [0.15, 0.2) is 0 Å². The molecule has 2 rings (SSSR count). The van der Waals surface area contributed by atoms with Crippen molar-refractivity contribution in [3.8, 4) is 0 Å². The Kier molecular flexibility index (Phi) is 4.44. The molecule has 0 radical (unpaired) electrons. The third-order valence-electron chi connectivity index (χ3n) is 4.01. The van der Waals surface area contributed by atoms with Crippen molar-refractivity contribution in [2.75, 3.05) is 26.0 Å². The van der Waals surface area contributed by atoms with Gasteiger partial charge in [0.2, 0.25) is 10.0 Å². The van der Waals surface area contributed by atoms with Gasteiger partial charge >= 0.3 is 0 Å². The highest BCUT2D eigenvalue weighted by molar-refractivity contribution is 7.89. The number of hydrogen-bond acceptors (Lipinski definition) is 3. The first kappa shape index (κ1) is 13.3. The van der Waals surface area contributed by atoms with Crippen LogP contribution >= 0.6 is 0 Å². The molecule has 1 saturated carbocycles. The number of nitrogens with zero attached hydrogens (tertiary/aromatic N) is 1. The van der Waals surface area contributed by atoms with Crippen LogP contribution in [0.5, 0.6) is 0 Å². The number of hydrogen-bond donors (Lipinski definition) is 0. The van der Waals surface area contributed by atoms with Gasteiger partial charge in [0.1, 0.15) is 0 Å². The van der Waals surface area contributed by atoms with Crippen molar-refractivity contribution in [2.24, 2.45) is 5.92 Å². The van der Waals surface area contributed by atoms with Crippen LogP contribution < -0.4 is 0 Å². The third kappa shape index (κ3) is 3.01. The lowest BCUT2D eigenvalue weighted by Gasteiger charge is -2.46. The maximum absolute atomic E-state index is 12.1. The van der Waals surface area contributed by atoms with Gasteiger partial charge in [-0.1, -0.05) is 19.3 Å². The van der Waals surface area contributed by atoms with Crippen LogP contribution in [-0.4, -0.2) is 44.8 Å². The SMILES string of the molecule is COCCCS(=O)(=O)N1C[C@@H]2CCCCC[C@H]21. The van der Waals surface area contributed by atoms with E-state index in [1.165, 1.54) is 25.7 Å². The van der Waals surface area contributed by atoms with Crippen LogP contribution in [0.25, 0.3) is 0 Å². The van der Waals surface area contributed by atoms with E-state index in [0.717, 1.165) is 13.0 Å². The van der Waals surface area contributed by atoms with Crippen LogP contribution in [0.2, 0.25) is 0 Å². The lowest BCUT2D eigenvalue weighted by Crippen LogP contribution is -2.58. The molecule has 0 N–H and O–H groups in total. The molecule has 0 aromatic rings. The van der Waals surface area contributed by atoms with E-state index >= 15 is 0 Å². The summed E-state index contributed by atoms with van der Waals surface area (Å²) in [6.45, 7) is 1.29. The van der Waals surface area contributed by atoms with E-state index in [2.05, 4.69) is 0 Å². The summed E-state index contributed by atoms with van der Waals surface area (Å²) < 4.78 is 30.9. The van der Waals surface area contributed by atoms with Crippen LogP contribution in [-0.2, 0) is 14.8 Å². The van der Waals surface area contributed by atoms with Crippen molar-refractivity contribution >= 4 is 10.0 Å². The van der Waals surface area contributed by atoms with Gasteiger partial charge in [-0.3, -0.25) is 0 Å². The van der Waals surface area contributed by atoms with E-state index in [1.54, 1.807) is 11.4 Å². The quantitative estimate of drug-likeness (QED) is 0.706. The molecule has 100 valence electrons. The molecule has 0 aromatic heterocycles. The van der Waals surface area contributed by atoms with Gasteiger partial charge in [0.05, 0.1) is 5.75 Å². The molecule has 4 nitrogen and oxygen atoms in total. The highest BCUT2D eigenvalue weighted by Gasteiger charge is 2.44. The van der Waals surface area contributed by atoms with E-state index in [-0.39, 0.29) is 5.75 Å². The van der Waals surface area contributed by atoms with Gasteiger partial charge in [-0.05, 0) is 25.2 Å². The average Bonchev–Trinajstić information content (AvgIpc) is 2.41. The summed E-state index contributed by atoms with van der Waals surface area (Å²) in [5, 5.41) is 0. The molecule has 17 heavy (non-hydrogen) atoms. The first-order valence-electron chi connectivity index (χ1n) is 6.63. The lowest BCUT2D eigenvalue weighted by molar-refractivity contribution is 0.0937. The number of rotatable bonds is 5. The molecule has 1 aliphatic heterocycles. The number of methoxy groups -OCH3 is 1. The molecule has 2 fully saturated rings. The molecule has 0 unspecified atom stereocenters. The van der Waals surface area contributed by atoms with Crippen molar-refractivity contribution in [1.29, 1.82) is 0 Å². The molecular weight excluding hydrogens is 238 g/mol. The summed E-state index contributed by atoms with van der Waals surface area (Å²) in [5.74, 6) is 0.874. The Balaban J connectivity index is 1.90. The van der Waals surface area contributed by atoms with Gasteiger partial charge in [0.25, 0.3) is 0 Å². The maximum atomic E-state index is 12.1. The second kappa shape index (κ2) is 5.67. The van der Waals surface area contributed by atoms with E-state index in [1.807, 2.05) is 0 Å². The van der Waals surface area contributed by atoms with Crippen molar-refractivity contribution in [1.82, 2.24) is 4.31 Å². The summed E-state index contributed by atoms with van der Waals surface area (Å²) in [7, 11) is -1.42. The van der Waals surface area contributed by atoms with Crippen LogP contribution in [0.4, 0.5) is 0 Å². The number of sulfonamides is 1. The van der Waals surface area contributed by atoms with Crippen molar-refractivity contribution in [3.63, 3.8) is 0 Å². The first-order valence-corrected chi connectivity index (χ1v) is 8.24. The molecule has 1 saturated heterocycles. The van der Waals surface area contributed by atoms with Crippen molar-refractivity contribution in [2.45, 2.75) is 44.6 Å². The molecule has 2 atom stereocenters. The molecular formula is C12H23NO3S. The number of fused-ring (bicyclic) bond motifs is 1. The van der Waals surface area contributed by atoms with Crippen LogP contribution in [0.1, 0.15) is 38.5 Å².